The smallest absolute Gasteiger partial charge is 0.235 e. The molecule has 1 saturated carbocycles. The average Bonchev–Trinajstić information content (AvgIpc) is 2.29. The van der Waals surface area contributed by atoms with Crippen molar-refractivity contribution in [3.63, 3.8) is 0 Å². The first-order valence-electron chi connectivity index (χ1n) is 6.55. The Hall–Kier alpha value is -1.64. The number of phenols is 1. The van der Waals surface area contributed by atoms with Gasteiger partial charge in [0.2, 0.25) is 6.08 Å². The summed E-state index contributed by atoms with van der Waals surface area (Å²) in [5.41, 5.74) is 2.34. The van der Waals surface area contributed by atoms with Gasteiger partial charge in [0, 0.05) is 12.1 Å². The molecule has 0 heterocycles. The van der Waals surface area contributed by atoms with Gasteiger partial charge in [-0.3, -0.25) is 0 Å². The first-order valence-corrected chi connectivity index (χ1v) is 6.55. The minimum absolute atomic E-state index is 0.335. The zero-order chi connectivity index (χ0) is 14.0. The fraction of sp³-hybridized carbons (Fsp3) is 0.533. The van der Waals surface area contributed by atoms with E-state index in [4.69, 9.17) is 0 Å². The van der Waals surface area contributed by atoms with Gasteiger partial charge in [-0.2, -0.15) is 4.99 Å². The van der Waals surface area contributed by atoms with Gasteiger partial charge in [-0.05, 0) is 63.5 Å². The third-order valence-electron chi connectivity index (χ3n) is 3.84. The molecule has 0 radical (unpaired) electrons. The highest BCUT2D eigenvalue weighted by Gasteiger charge is 2.39. The summed E-state index contributed by atoms with van der Waals surface area (Å²) < 4.78 is 0. The number of hydrogen-bond acceptors (Lipinski definition) is 4. The van der Waals surface area contributed by atoms with Crippen LogP contribution in [0, 0.1) is 6.92 Å². The summed E-state index contributed by atoms with van der Waals surface area (Å²) in [4.78, 5) is 16.7. The van der Waals surface area contributed by atoms with Gasteiger partial charge in [0.1, 0.15) is 5.75 Å². The molecule has 1 aromatic rings. The molecule has 1 aliphatic rings. The van der Waals surface area contributed by atoms with E-state index in [9.17, 15) is 9.90 Å². The Bertz CT molecular complexity index is 527. The maximum absolute atomic E-state index is 10.7. The van der Waals surface area contributed by atoms with E-state index in [1.54, 1.807) is 6.08 Å². The molecule has 4 nitrogen and oxygen atoms in total. The van der Waals surface area contributed by atoms with E-state index in [1.165, 1.54) is 0 Å². The first-order chi connectivity index (χ1) is 8.98. The van der Waals surface area contributed by atoms with Crippen LogP contribution in [0.15, 0.2) is 17.1 Å². The van der Waals surface area contributed by atoms with Crippen molar-refractivity contribution < 1.29 is 9.90 Å². The van der Waals surface area contributed by atoms with Crippen LogP contribution >= 0.6 is 0 Å². The molecule has 1 aromatic carbocycles. The number of aliphatic imine (C=N–C) groups is 1. The van der Waals surface area contributed by atoms with Crippen molar-refractivity contribution in [2.24, 2.45) is 4.99 Å². The number of rotatable bonds is 4. The lowest BCUT2D eigenvalue weighted by atomic mass is 9.71. The van der Waals surface area contributed by atoms with E-state index in [0.29, 0.717) is 12.3 Å². The summed E-state index contributed by atoms with van der Waals surface area (Å²) in [5, 5.41) is 10.1. The van der Waals surface area contributed by atoms with Crippen molar-refractivity contribution >= 4 is 6.08 Å². The van der Waals surface area contributed by atoms with E-state index in [1.807, 2.05) is 38.1 Å². The third kappa shape index (κ3) is 2.55. The van der Waals surface area contributed by atoms with Crippen LogP contribution in [0.1, 0.15) is 36.0 Å². The number of nitrogens with zero attached hydrogens (tertiary/aromatic N) is 2. The van der Waals surface area contributed by atoms with E-state index in [2.05, 4.69) is 4.99 Å². The van der Waals surface area contributed by atoms with Gasteiger partial charge in [0.25, 0.3) is 0 Å². The van der Waals surface area contributed by atoms with Crippen LogP contribution < -0.4 is 0 Å². The molecule has 0 aliphatic heterocycles. The van der Waals surface area contributed by atoms with Crippen molar-refractivity contribution in [1.82, 2.24) is 4.90 Å². The molecule has 1 aliphatic carbocycles. The lowest BCUT2D eigenvalue weighted by molar-refractivity contribution is 0.255. The van der Waals surface area contributed by atoms with Crippen molar-refractivity contribution in [1.29, 1.82) is 0 Å². The van der Waals surface area contributed by atoms with Gasteiger partial charge in [0.15, 0.2) is 0 Å². The summed E-state index contributed by atoms with van der Waals surface area (Å²) >= 11 is 0. The molecular formula is C15H20N2O2. The van der Waals surface area contributed by atoms with Crippen molar-refractivity contribution in [2.75, 3.05) is 14.1 Å². The van der Waals surface area contributed by atoms with E-state index >= 15 is 0 Å². The van der Waals surface area contributed by atoms with Crippen molar-refractivity contribution in [2.45, 2.75) is 38.3 Å². The molecule has 102 valence electrons. The Morgan fingerprint density at radius 3 is 2.58 bits per heavy atom. The highest BCUT2D eigenvalue weighted by Crippen LogP contribution is 2.46. The first kappa shape index (κ1) is 13.8. The molecule has 0 amide bonds. The Morgan fingerprint density at radius 2 is 2.11 bits per heavy atom. The number of aromatic hydroxyl groups is 1. The minimum atomic E-state index is -0.402. The maximum Gasteiger partial charge on any atom is 0.235 e. The molecule has 0 saturated heterocycles. The van der Waals surface area contributed by atoms with Gasteiger partial charge in [-0.1, -0.05) is 0 Å². The second kappa shape index (κ2) is 5.16. The lowest BCUT2D eigenvalue weighted by Gasteiger charge is -2.37. The second-order valence-electron chi connectivity index (χ2n) is 5.63. The summed E-state index contributed by atoms with van der Waals surface area (Å²) in [6.45, 7) is 2.55. The van der Waals surface area contributed by atoms with Gasteiger partial charge >= 0.3 is 0 Å². The van der Waals surface area contributed by atoms with Gasteiger partial charge < -0.3 is 10.0 Å². The molecule has 0 atom stereocenters. The monoisotopic (exact) mass is 260 g/mol. The molecule has 0 bridgehead atoms. The molecule has 4 heteroatoms. The van der Waals surface area contributed by atoms with Crippen LogP contribution in [0.25, 0.3) is 0 Å². The largest absolute Gasteiger partial charge is 0.507 e. The fourth-order valence-electron chi connectivity index (χ4n) is 2.65. The average molecular weight is 260 g/mol. The zero-order valence-electron chi connectivity index (χ0n) is 11.7. The Kier molecular flexibility index (Phi) is 3.74. The molecule has 19 heavy (non-hydrogen) atoms. The predicted molar refractivity (Wildman–Crippen MR) is 73.9 cm³/mol. The van der Waals surface area contributed by atoms with E-state index in [0.717, 1.165) is 36.0 Å². The number of hydrogen-bond donors (Lipinski definition) is 1. The number of carbonyl (C=O) groups excluding carboxylic acids is 1. The van der Waals surface area contributed by atoms with Crippen LogP contribution in [0.3, 0.4) is 0 Å². The predicted octanol–water partition coefficient (Wildman–Crippen LogP) is 2.48. The van der Waals surface area contributed by atoms with E-state index < -0.39 is 5.54 Å². The molecule has 0 unspecified atom stereocenters. The van der Waals surface area contributed by atoms with Crippen LogP contribution in [-0.4, -0.2) is 30.2 Å². The molecule has 0 aromatic heterocycles. The molecule has 0 spiro atoms. The molecule has 1 fully saturated rings. The number of benzene rings is 1. The van der Waals surface area contributed by atoms with Crippen LogP contribution in [0.5, 0.6) is 5.75 Å². The summed E-state index contributed by atoms with van der Waals surface area (Å²) in [5.74, 6) is 0.335. The fourth-order valence-corrected chi connectivity index (χ4v) is 2.65. The topological polar surface area (TPSA) is 52.9 Å². The summed E-state index contributed by atoms with van der Waals surface area (Å²) in [7, 11) is 3.92. The molecular weight excluding hydrogens is 240 g/mol. The van der Waals surface area contributed by atoms with Gasteiger partial charge in [0.05, 0.1) is 5.54 Å². The Morgan fingerprint density at radius 1 is 1.42 bits per heavy atom. The summed E-state index contributed by atoms with van der Waals surface area (Å²) in [6.07, 6.45) is 4.55. The number of isocyanates is 1. The molecule has 2 rings (SSSR count). The van der Waals surface area contributed by atoms with Crippen LogP contribution in [0.2, 0.25) is 0 Å². The van der Waals surface area contributed by atoms with Crippen molar-refractivity contribution in [3.05, 3.63) is 28.8 Å². The Labute approximate surface area is 113 Å². The zero-order valence-corrected chi connectivity index (χ0v) is 11.7. The normalized spacial score (nSPS) is 16.8. The molecule has 1 N–H and O–H groups in total. The van der Waals surface area contributed by atoms with Gasteiger partial charge in [-0.15, -0.1) is 0 Å². The highest BCUT2D eigenvalue weighted by atomic mass is 16.3. The Balaban J connectivity index is 2.47. The van der Waals surface area contributed by atoms with Crippen LogP contribution in [0.4, 0.5) is 0 Å². The van der Waals surface area contributed by atoms with E-state index in [-0.39, 0.29) is 0 Å². The number of aryl methyl sites for hydroxylation is 1. The maximum atomic E-state index is 10.7. The van der Waals surface area contributed by atoms with Crippen LogP contribution in [-0.2, 0) is 16.9 Å². The van der Waals surface area contributed by atoms with Crippen molar-refractivity contribution in [3.8, 4) is 5.75 Å². The number of phenolic OH excluding ortho intramolecular Hbond substituents is 1. The minimum Gasteiger partial charge on any atom is -0.507 e. The van der Waals surface area contributed by atoms with Gasteiger partial charge in [-0.25, -0.2) is 4.79 Å². The quantitative estimate of drug-likeness (QED) is 0.668. The SMILES string of the molecule is Cc1cc(C2(N=C=O)CCC2)cc(CN(C)C)c1O. The summed E-state index contributed by atoms with van der Waals surface area (Å²) in [6, 6.07) is 3.91. The third-order valence-corrected chi connectivity index (χ3v) is 3.84. The lowest BCUT2D eigenvalue weighted by Crippen LogP contribution is -2.32. The second-order valence-corrected chi connectivity index (χ2v) is 5.63. The standard InChI is InChI=1S/C15H20N2O2/c1-11-7-13(15(16-10-18)5-4-6-15)8-12(14(11)19)9-17(2)3/h7-8,19H,4-6,9H2,1-3H3. The highest BCUT2D eigenvalue weighted by molar-refractivity contribution is 5.47.